The zero-order valence-electron chi connectivity index (χ0n) is 14.2. The Labute approximate surface area is 138 Å². The first kappa shape index (κ1) is 19.0. The number of nitrogens with one attached hydrogen (secondary N) is 2. The van der Waals surface area contributed by atoms with Crippen molar-refractivity contribution in [1.29, 1.82) is 0 Å². The molecule has 128 valence electrons. The largest absolute Gasteiger partial charge is 0.492 e. The molecule has 1 rings (SSSR count). The number of hydrogen-bond donors (Lipinski definition) is 2. The van der Waals surface area contributed by atoms with Crippen LogP contribution in [0.3, 0.4) is 0 Å². The highest BCUT2D eigenvalue weighted by Gasteiger charge is 2.15. The van der Waals surface area contributed by atoms with Crippen molar-refractivity contribution < 1.29 is 14.3 Å². The predicted octanol–water partition coefficient (Wildman–Crippen LogP) is 1.87. The Morgan fingerprint density at radius 2 is 1.78 bits per heavy atom. The smallest absolute Gasteiger partial charge is 0.313 e. The average molecular weight is 321 g/mol. The monoisotopic (exact) mass is 321 g/mol. The Balaban J connectivity index is 2.41. The molecule has 1 aromatic rings. The van der Waals surface area contributed by atoms with Crippen molar-refractivity contribution >= 4 is 17.5 Å². The summed E-state index contributed by atoms with van der Waals surface area (Å²) < 4.78 is 5.42. The molecule has 6 heteroatoms. The summed E-state index contributed by atoms with van der Waals surface area (Å²) in [7, 11) is 0. The van der Waals surface area contributed by atoms with E-state index in [1.807, 2.05) is 13.0 Å². The number of anilines is 1. The van der Waals surface area contributed by atoms with Crippen molar-refractivity contribution in [2.45, 2.75) is 27.2 Å². The molecule has 23 heavy (non-hydrogen) atoms. The van der Waals surface area contributed by atoms with Gasteiger partial charge < -0.3 is 20.3 Å². The maximum atomic E-state index is 11.9. The van der Waals surface area contributed by atoms with E-state index in [2.05, 4.69) is 29.4 Å². The van der Waals surface area contributed by atoms with E-state index in [1.54, 1.807) is 18.2 Å². The molecule has 0 saturated carbocycles. The SMILES string of the molecule is CCOc1ccccc1NC(=O)C(=O)NCCCN(CC)CC. The van der Waals surface area contributed by atoms with E-state index >= 15 is 0 Å². The van der Waals surface area contributed by atoms with Crippen LogP contribution in [0.5, 0.6) is 5.75 Å². The molecule has 0 aliphatic rings. The summed E-state index contributed by atoms with van der Waals surface area (Å²) >= 11 is 0. The van der Waals surface area contributed by atoms with E-state index in [0.29, 0.717) is 24.6 Å². The number of carbonyl (C=O) groups excluding carboxylic acids is 2. The molecule has 0 aliphatic carbocycles. The molecule has 2 N–H and O–H groups in total. The third-order valence-electron chi connectivity index (χ3n) is 3.47. The molecule has 0 aromatic heterocycles. The first-order valence-corrected chi connectivity index (χ1v) is 8.15. The number of amides is 2. The van der Waals surface area contributed by atoms with Gasteiger partial charge in [-0.3, -0.25) is 9.59 Å². The molecule has 0 atom stereocenters. The van der Waals surface area contributed by atoms with E-state index in [-0.39, 0.29) is 0 Å². The van der Waals surface area contributed by atoms with Crippen LogP contribution in [0.15, 0.2) is 24.3 Å². The summed E-state index contributed by atoms with van der Waals surface area (Å²) in [6.07, 6.45) is 0.816. The highest BCUT2D eigenvalue weighted by atomic mass is 16.5. The van der Waals surface area contributed by atoms with Gasteiger partial charge in [0.2, 0.25) is 0 Å². The van der Waals surface area contributed by atoms with Crippen molar-refractivity contribution in [1.82, 2.24) is 10.2 Å². The molecule has 0 saturated heterocycles. The summed E-state index contributed by atoms with van der Waals surface area (Å²) in [5, 5.41) is 5.22. The number of ether oxygens (including phenoxy) is 1. The van der Waals surface area contributed by atoms with Gasteiger partial charge in [0.25, 0.3) is 0 Å². The summed E-state index contributed by atoms with van der Waals surface area (Å²) in [4.78, 5) is 26.0. The van der Waals surface area contributed by atoms with Gasteiger partial charge in [0, 0.05) is 6.54 Å². The molecule has 0 fully saturated rings. The first-order valence-electron chi connectivity index (χ1n) is 8.15. The molecule has 0 unspecified atom stereocenters. The van der Waals surface area contributed by atoms with Crippen LogP contribution in [0.2, 0.25) is 0 Å². The molecule has 0 heterocycles. The number of nitrogens with zero attached hydrogens (tertiary/aromatic N) is 1. The minimum absolute atomic E-state index is 0.482. The number of para-hydroxylation sites is 2. The van der Waals surface area contributed by atoms with Gasteiger partial charge in [-0.05, 0) is 45.1 Å². The number of rotatable bonds is 9. The summed E-state index contributed by atoms with van der Waals surface area (Å²) in [6, 6.07) is 7.05. The fourth-order valence-electron chi connectivity index (χ4n) is 2.16. The van der Waals surface area contributed by atoms with Crippen LogP contribution < -0.4 is 15.4 Å². The van der Waals surface area contributed by atoms with Crippen LogP contribution in [0.25, 0.3) is 0 Å². The lowest BCUT2D eigenvalue weighted by Crippen LogP contribution is -2.37. The lowest BCUT2D eigenvalue weighted by molar-refractivity contribution is -0.136. The molecule has 1 aromatic carbocycles. The average Bonchev–Trinajstić information content (AvgIpc) is 2.56. The predicted molar refractivity (Wildman–Crippen MR) is 91.7 cm³/mol. The fourth-order valence-corrected chi connectivity index (χ4v) is 2.16. The molecule has 2 amide bonds. The standard InChI is InChI=1S/C17H27N3O3/c1-4-20(5-2)13-9-12-18-16(21)17(22)19-14-10-7-8-11-15(14)23-6-3/h7-8,10-11H,4-6,9,12-13H2,1-3H3,(H,18,21)(H,19,22). The normalized spacial score (nSPS) is 10.4. The van der Waals surface area contributed by atoms with Crippen LogP contribution in [0.4, 0.5) is 5.69 Å². The first-order chi connectivity index (χ1) is 11.1. The Bertz CT molecular complexity index is 502. The van der Waals surface area contributed by atoms with Crippen LogP contribution in [-0.2, 0) is 9.59 Å². The minimum Gasteiger partial charge on any atom is -0.492 e. The lowest BCUT2D eigenvalue weighted by Gasteiger charge is -2.17. The molecule has 0 bridgehead atoms. The van der Waals surface area contributed by atoms with Gasteiger partial charge in [0.05, 0.1) is 12.3 Å². The highest BCUT2D eigenvalue weighted by molar-refractivity contribution is 6.39. The number of carbonyl (C=O) groups is 2. The molecule has 6 nitrogen and oxygen atoms in total. The molecule has 0 spiro atoms. The van der Waals surface area contributed by atoms with Gasteiger partial charge in [-0.2, -0.15) is 0 Å². The number of benzene rings is 1. The van der Waals surface area contributed by atoms with Crippen LogP contribution in [-0.4, -0.2) is 49.5 Å². The van der Waals surface area contributed by atoms with Crippen molar-refractivity contribution in [3.05, 3.63) is 24.3 Å². The Morgan fingerprint density at radius 1 is 1.09 bits per heavy atom. The summed E-state index contributed by atoms with van der Waals surface area (Å²) in [5.41, 5.74) is 0.498. The third-order valence-corrected chi connectivity index (χ3v) is 3.47. The summed E-state index contributed by atoms with van der Waals surface area (Å²) in [5.74, 6) is -0.756. The maximum absolute atomic E-state index is 11.9. The maximum Gasteiger partial charge on any atom is 0.313 e. The Kier molecular flexibility index (Phi) is 8.75. The van der Waals surface area contributed by atoms with Crippen molar-refractivity contribution in [2.75, 3.05) is 38.1 Å². The quantitative estimate of drug-likeness (QED) is 0.538. The summed E-state index contributed by atoms with van der Waals surface area (Å²) in [6.45, 7) is 9.92. The van der Waals surface area contributed by atoms with Gasteiger partial charge in [-0.1, -0.05) is 26.0 Å². The van der Waals surface area contributed by atoms with E-state index in [0.717, 1.165) is 26.1 Å². The topological polar surface area (TPSA) is 70.7 Å². The second kappa shape index (κ2) is 10.6. The third kappa shape index (κ3) is 6.69. The van der Waals surface area contributed by atoms with E-state index in [1.165, 1.54) is 0 Å². The van der Waals surface area contributed by atoms with Gasteiger partial charge >= 0.3 is 11.8 Å². The zero-order chi connectivity index (χ0) is 17.1. The zero-order valence-corrected chi connectivity index (χ0v) is 14.2. The van der Waals surface area contributed by atoms with Crippen LogP contribution in [0, 0.1) is 0 Å². The second-order valence-electron chi connectivity index (χ2n) is 5.02. The number of hydrogen-bond acceptors (Lipinski definition) is 4. The molecular formula is C17H27N3O3. The van der Waals surface area contributed by atoms with Crippen molar-refractivity contribution in [3.63, 3.8) is 0 Å². The fraction of sp³-hybridized carbons (Fsp3) is 0.529. The van der Waals surface area contributed by atoms with E-state index in [9.17, 15) is 9.59 Å². The molecular weight excluding hydrogens is 294 g/mol. The van der Waals surface area contributed by atoms with Gasteiger partial charge in [-0.15, -0.1) is 0 Å². The molecule has 0 radical (unpaired) electrons. The van der Waals surface area contributed by atoms with Gasteiger partial charge in [-0.25, -0.2) is 0 Å². The van der Waals surface area contributed by atoms with Gasteiger partial charge in [0.1, 0.15) is 5.75 Å². The van der Waals surface area contributed by atoms with E-state index < -0.39 is 11.8 Å². The van der Waals surface area contributed by atoms with Crippen LogP contribution >= 0.6 is 0 Å². The molecule has 0 aliphatic heterocycles. The lowest BCUT2D eigenvalue weighted by atomic mass is 10.3. The van der Waals surface area contributed by atoms with Crippen molar-refractivity contribution in [3.8, 4) is 5.75 Å². The second-order valence-corrected chi connectivity index (χ2v) is 5.02. The van der Waals surface area contributed by atoms with Crippen LogP contribution in [0.1, 0.15) is 27.2 Å². The Morgan fingerprint density at radius 3 is 2.43 bits per heavy atom. The minimum atomic E-state index is -0.681. The van der Waals surface area contributed by atoms with Gasteiger partial charge in [0.15, 0.2) is 0 Å². The van der Waals surface area contributed by atoms with E-state index in [4.69, 9.17) is 4.74 Å². The Hall–Kier alpha value is -2.08. The highest BCUT2D eigenvalue weighted by Crippen LogP contribution is 2.23. The van der Waals surface area contributed by atoms with Crippen molar-refractivity contribution in [2.24, 2.45) is 0 Å².